The molecule has 130 valence electrons. The SMILES string of the molecule is NCCCn1cc(CCN2CCNCC2)c2c(C(=O)O)cccc21. The third-order valence-corrected chi connectivity index (χ3v) is 4.73. The van der Waals surface area contributed by atoms with Gasteiger partial charge in [0.2, 0.25) is 0 Å². The number of carboxylic acid groups (broad SMARTS) is 1. The number of nitrogens with zero attached hydrogens (tertiary/aromatic N) is 2. The van der Waals surface area contributed by atoms with Gasteiger partial charge in [-0.1, -0.05) is 6.07 Å². The first-order valence-electron chi connectivity index (χ1n) is 8.68. The molecule has 6 nitrogen and oxygen atoms in total. The van der Waals surface area contributed by atoms with E-state index in [0.29, 0.717) is 12.1 Å². The van der Waals surface area contributed by atoms with Crippen LogP contribution >= 0.6 is 0 Å². The fraction of sp³-hybridized carbons (Fsp3) is 0.500. The van der Waals surface area contributed by atoms with Crippen LogP contribution in [0.1, 0.15) is 22.3 Å². The number of rotatable bonds is 7. The Bertz CT molecular complexity index is 704. The summed E-state index contributed by atoms with van der Waals surface area (Å²) in [5.41, 5.74) is 8.16. The highest BCUT2D eigenvalue weighted by Crippen LogP contribution is 2.26. The van der Waals surface area contributed by atoms with Crippen LogP contribution in [-0.2, 0) is 13.0 Å². The number of hydrogen-bond acceptors (Lipinski definition) is 4. The largest absolute Gasteiger partial charge is 0.478 e. The summed E-state index contributed by atoms with van der Waals surface area (Å²) in [5.74, 6) is -0.861. The molecule has 1 saturated heterocycles. The lowest BCUT2D eigenvalue weighted by Gasteiger charge is -2.27. The minimum absolute atomic E-state index is 0.398. The molecule has 0 radical (unpaired) electrons. The quantitative estimate of drug-likeness (QED) is 0.709. The number of aryl methyl sites for hydroxylation is 1. The summed E-state index contributed by atoms with van der Waals surface area (Å²) in [6.07, 6.45) is 3.88. The Morgan fingerprint density at radius 3 is 2.75 bits per heavy atom. The Morgan fingerprint density at radius 2 is 2.04 bits per heavy atom. The average Bonchev–Trinajstić information content (AvgIpc) is 2.97. The molecule has 0 aliphatic carbocycles. The lowest BCUT2D eigenvalue weighted by Crippen LogP contribution is -2.44. The summed E-state index contributed by atoms with van der Waals surface area (Å²) < 4.78 is 2.15. The van der Waals surface area contributed by atoms with E-state index in [4.69, 9.17) is 5.73 Å². The van der Waals surface area contributed by atoms with Gasteiger partial charge in [0.1, 0.15) is 0 Å². The molecule has 4 N–H and O–H groups in total. The predicted molar refractivity (Wildman–Crippen MR) is 95.6 cm³/mol. The van der Waals surface area contributed by atoms with Gasteiger partial charge in [-0.25, -0.2) is 4.79 Å². The number of aromatic carboxylic acids is 1. The molecule has 24 heavy (non-hydrogen) atoms. The topological polar surface area (TPSA) is 83.5 Å². The molecule has 0 amide bonds. The van der Waals surface area contributed by atoms with Gasteiger partial charge in [-0.15, -0.1) is 0 Å². The van der Waals surface area contributed by atoms with Gasteiger partial charge < -0.3 is 25.6 Å². The molecule has 6 heteroatoms. The van der Waals surface area contributed by atoms with Crippen molar-refractivity contribution in [2.75, 3.05) is 39.3 Å². The van der Waals surface area contributed by atoms with Crippen LogP contribution in [0.5, 0.6) is 0 Å². The molecule has 0 saturated carbocycles. The van der Waals surface area contributed by atoms with Crippen LogP contribution in [0.15, 0.2) is 24.4 Å². The summed E-state index contributed by atoms with van der Waals surface area (Å²) in [6.45, 7) is 6.58. The maximum absolute atomic E-state index is 11.6. The number of hydrogen-bond donors (Lipinski definition) is 3. The van der Waals surface area contributed by atoms with Crippen LogP contribution in [0.25, 0.3) is 10.9 Å². The zero-order valence-corrected chi connectivity index (χ0v) is 14.0. The lowest BCUT2D eigenvalue weighted by atomic mass is 10.0. The van der Waals surface area contributed by atoms with Gasteiger partial charge in [-0.05, 0) is 37.1 Å². The molecule has 0 unspecified atom stereocenters. The summed E-state index contributed by atoms with van der Waals surface area (Å²) in [6, 6.07) is 5.53. The second-order valence-electron chi connectivity index (χ2n) is 6.34. The fourth-order valence-corrected chi connectivity index (χ4v) is 3.47. The van der Waals surface area contributed by atoms with Gasteiger partial charge in [-0.2, -0.15) is 0 Å². The minimum atomic E-state index is -0.861. The van der Waals surface area contributed by atoms with Crippen molar-refractivity contribution < 1.29 is 9.90 Å². The van der Waals surface area contributed by atoms with Gasteiger partial charge in [0.05, 0.1) is 5.56 Å². The van der Waals surface area contributed by atoms with Gasteiger partial charge in [0.25, 0.3) is 0 Å². The number of nitrogens with two attached hydrogens (primary N) is 1. The molecule has 1 aliphatic heterocycles. The van der Waals surface area contributed by atoms with E-state index in [0.717, 1.165) is 68.6 Å². The number of carboxylic acids is 1. The number of carbonyl (C=O) groups is 1. The molecule has 1 aliphatic rings. The maximum Gasteiger partial charge on any atom is 0.336 e. The predicted octanol–water partition coefficient (Wildman–Crippen LogP) is 1.14. The molecule has 1 aromatic carbocycles. The monoisotopic (exact) mass is 330 g/mol. The van der Waals surface area contributed by atoms with E-state index < -0.39 is 5.97 Å². The third-order valence-electron chi connectivity index (χ3n) is 4.73. The Hall–Kier alpha value is -1.89. The van der Waals surface area contributed by atoms with Gasteiger partial charge in [0, 0.05) is 56.4 Å². The smallest absolute Gasteiger partial charge is 0.336 e. The lowest BCUT2D eigenvalue weighted by molar-refractivity contribution is 0.0699. The van der Waals surface area contributed by atoms with Gasteiger partial charge in [0.15, 0.2) is 0 Å². The zero-order valence-electron chi connectivity index (χ0n) is 14.0. The molecule has 1 fully saturated rings. The highest BCUT2D eigenvalue weighted by molar-refractivity contribution is 6.04. The average molecular weight is 330 g/mol. The van der Waals surface area contributed by atoms with Crippen molar-refractivity contribution in [1.29, 1.82) is 0 Å². The summed E-state index contributed by atoms with van der Waals surface area (Å²) >= 11 is 0. The van der Waals surface area contributed by atoms with Crippen molar-refractivity contribution in [2.24, 2.45) is 5.73 Å². The van der Waals surface area contributed by atoms with Crippen molar-refractivity contribution in [1.82, 2.24) is 14.8 Å². The first kappa shape index (κ1) is 17.0. The highest BCUT2D eigenvalue weighted by atomic mass is 16.4. The minimum Gasteiger partial charge on any atom is -0.478 e. The molecule has 2 heterocycles. The van der Waals surface area contributed by atoms with Crippen molar-refractivity contribution in [3.05, 3.63) is 35.5 Å². The number of piperazine rings is 1. The van der Waals surface area contributed by atoms with E-state index >= 15 is 0 Å². The molecule has 0 atom stereocenters. The molecule has 3 rings (SSSR count). The first-order chi connectivity index (χ1) is 11.7. The zero-order chi connectivity index (χ0) is 16.9. The Balaban J connectivity index is 1.90. The van der Waals surface area contributed by atoms with Crippen LogP contribution < -0.4 is 11.1 Å². The van der Waals surface area contributed by atoms with Gasteiger partial charge >= 0.3 is 5.97 Å². The van der Waals surface area contributed by atoms with Crippen molar-refractivity contribution in [2.45, 2.75) is 19.4 Å². The van der Waals surface area contributed by atoms with Crippen LogP contribution in [0.2, 0.25) is 0 Å². The van der Waals surface area contributed by atoms with Crippen LogP contribution in [0, 0.1) is 0 Å². The van der Waals surface area contributed by atoms with Crippen LogP contribution in [0.3, 0.4) is 0 Å². The van der Waals surface area contributed by atoms with Crippen molar-refractivity contribution >= 4 is 16.9 Å². The molecule has 2 aromatic rings. The Labute approximate surface area is 142 Å². The van der Waals surface area contributed by atoms with Crippen molar-refractivity contribution in [3.8, 4) is 0 Å². The molecule has 0 spiro atoms. The first-order valence-corrected chi connectivity index (χ1v) is 8.68. The van der Waals surface area contributed by atoms with Crippen LogP contribution in [0.4, 0.5) is 0 Å². The fourth-order valence-electron chi connectivity index (χ4n) is 3.47. The van der Waals surface area contributed by atoms with E-state index in [-0.39, 0.29) is 0 Å². The van der Waals surface area contributed by atoms with Crippen LogP contribution in [-0.4, -0.2) is 59.8 Å². The molecular formula is C18H26N4O2. The summed E-state index contributed by atoms with van der Waals surface area (Å²) in [7, 11) is 0. The summed E-state index contributed by atoms with van der Waals surface area (Å²) in [5, 5.41) is 13.8. The van der Waals surface area contributed by atoms with E-state index in [9.17, 15) is 9.90 Å². The van der Waals surface area contributed by atoms with E-state index in [1.165, 1.54) is 0 Å². The standard InChI is InChI=1S/C18H26N4O2/c19-6-2-9-22-13-14(5-10-21-11-7-20-8-12-21)17-15(18(23)24)3-1-4-16(17)22/h1,3-4,13,20H,2,5-12,19H2,(H,23,24). The normalized spacial score (nSPS) is 15.9. The number of nitrogens with one attached hydrogen (secondary N) is 1. The van der Waals surface area contributed by atoms with Gasteiger partial charge in [-0.3, -0.25) is 0 Å². The van der Waals surface area contributed by atoms with E-state index in [1.807, 2.05) is 12.1 Å². The summed E-state index contributed by atoms with van der Waals surface area (Å²) in [4.78, 5) is 14.1. The highest BCUT2D eigenvalue weighted by Gasteiger charge is 2.17. The number of aromatic nitrogens is 1. The molecular weight excluding hydrogens is 304 g/mol. The Kier molecular flexibility index (Phi) is 5.50. The number of fused-ring (bicyclic) bond motifs is 1. The third kappa shape index (κ3) is 3.61. The Morgan fingerprint density at radius 1 is 1.25 bits per heavy atom. The molecule has 1 aromatic heterocycles. The molecule has 0 bridgehead atoms. The number of benzene rings is 1. The van der Waals surface area contributed by atoms with E-state index in [1.54, 1.807) is 6.07 Å². The maximum atomic E-state index is 11.6. The van der Waals surface area contributed by atoms with Crippen molar-refractivity contribution in [3.63, 3.8) is 0 Å². The van der Waals surface area contributed by atoms with E-state index in [2.05, 4.69) is 21.0 Å². The second kappa shape index (κ2) is 7.79. The second-order valence-corrected chi connectivity index (χ2v) is 6.34.